The highest BCUT2D eigenvalue weighted by molar-refractivity contribution is 5.71. The Kier molecular flexibility index (Phi) is 3.98. The molecule has 3 nitrogen and oxygen atoms in total. The van der Waals surface area contributed by atoms with Gasteiger partial charge in [-0.3, -0.25) is 0 Å². The second kappa shape index (κ2) is 6.59. The number of nitrogens with zero attached hydrogens (tertiary/aromatic N) is 1. The zero-order chi connectivity index (χ0) is 16.2. The van der Waals surface area contributed by atoms with Crippen molar-refractivity contribution in [3.63, 3.8) is 0 Å². The van der Waals surface area contributed by atoms with Crippen LogP contribution in [0.5, 0.6) is 5.75 Å². The Labute approximate surface area is 141 Å². The summed E-state index contributed by atoms with van der Waals surface area (Å²) in [4.78, 5) is 3.49. The first-order valence-electron chi connectivity index (χ1n) is 8.11. The van der Waals surface area contributed by atoms with Crippen molar-refractivity contribution in [2.24, 2.45) is 0 Å². The van der Waals surface area contributed by atoms with Gasteiger partial charge in [-0.15, -0.1) is 0 Å². The van der Waals surface area contributed by atoms with E-state index in [-0.39, 0.29) is 0 Å². The van der Waals surface area contributed by atoms with Crippen molar-refractivity contribution in [3.05, 3.63) is 96.3 Å². The Morgan fingerprint density at radius 2 is 1.42 bits per heavy atom. The van der Waals surface area contributed by atoms with Crippen LogP contribution in [-0.2, 0) is 13.2 Å². The first-order chi connectivity index (χ1) is 11.9. The van der Waals surface area contributed by atoms with Gasteiger partial charge in [0.15, 0.2) is 17.6 Å². The topological polar surface area (TPSA) is 28.9 Å². The standard InChI is InChI=1S/C21H18N2O/c1-3-9-17(10-4-1)15-23-20-14-8-7-13-19(20)22-21(23)16-24-18-11-5-2-6-12-18/h1-14H,15-16H2/p+1. The van der Waals surface area contributed by atoms with Gasteiger partial charge in [-0.05, 0) is 29.8 Å². The molecule has 0 saturated carbocycles. The zero-order valence-electron chi connectivity index (χ0n) is 13.4. The van der Waals surface area contributed by atoms with E-state index >= 15 is 0 Å². The number of fused-ring (bicyclic) bond motifs is 1. The fourth-order valence-corrected chi connectivity index (χ4v) is 2.91. The van der Waals surface area contributed by atoms with Crippen LogP contribution < -0.4 is 9.30 Å². The van der Waals surface area contributed by atoms with Crippen molar-refractivity contribution in [1.82, 2.24) is 4.98 Å². The average molecular weight is 315 g/mol. The van der Waals surface area contributed by atoms with Gasteiger partial charge in [-0.25, -0.2) is 9.55 Å². The van der Waals surface area contributed by atoms with Crippen LogP contribution in [0.1, 0.15) is 11.4 Å². The fourth-order valence-electron chi connectivity index (χ4n) is 2.91. The molecule has 0 unspecified atom stereocenters. The summed E-state index contributed by atoms with van der Waals surface area (Å²) in [5, 5.41) is 0. The summed E-state index contributed by atoms with van der Waals surface area (Å²) in [7, 11) is 0. The van der Waals surface area contributed by atoms with Crippen LogP contribution in [0.15, 0.2) is 84.9 Å². The molecule has 0 aliphatic rings. The largest absolute Gasteiger partial charge is 0.481 e. The fraction of sp³-hybridized carbons (Fsp3) is 0.0952. The third kappa shape index (κ3) is 3.01. The lowest BCUT2D eigenvalue weighted by molar-refractivity contribution is -0.671. The predicted octanol–water partition coefficient (Wildman–Crippen LogP) is 4.08. The molecule has 0 amide bonds. The highest BCUT2D eigenvalue weighted by Crippen LogP contribution is 2.14. The molecule has 24 heavy (non-hydrogen) atoms. The van der Waals surface area contributed by atoms with Crippen molar-refractivity contribution in [2.75, 3.05) is 0 Å². The maximum Gasteiger partial charge on any atom is 0.294 e. The molecule has 3 aromatic carbocycles. The van der Waals surface area contributed by atoms with Crippen LogP contribution in [0, 0.1) is 0 Å². The SMILES string of the molecule is c1ccc(C[n+]2c(COc3ccccc3)[nH]c3ccccc32)cc1. The van der Waals surface area contributed by atoms with Crippen molar-refractivity contribution < 1.29 is 9.30 Å². The third-order valence-corrected chi connectivity index (χ3v) is 4.10. The van der Waals surface area contributed by atoms with E-state index in [4.69, 9.17) is 4.74 Å². The van der Waals surface area contributed by atoms with Crippen LogP contribution in [0.4, 0.5) is 0 Å². The van der Waals surface area contributed by atoms with Gasteiger partial charge in [0.25, 0.3) is 5.82 Å². The summed E-state index contributed by atoms with van der Waals surface area (Å²) in [6.45, 7) is 1.32. The molecular formula is C21H19N2O+. The van der Waals surface area contributed by atoms with Crippen LogP contribution >= 0.6 is 0 Å². The summed E-state index contributed by atoms with van der Waals surface area (Å²) in [6.07, 6.45) is 0. The number of imidazole rings is 1. The number of nitrogens with one attached hydrogen (secondary N) is 1. The lowest BCUT2D eigenvalue weighted by atomic mass is 10.2. The van der Waals surface area contributed by atoms with Crippen LogP contribution in [-0.4, -0.2) is 4.98 Å². The molecule has 1 N–H and O–H groups in total. The Morgan fingerprint density at radius 1 is 0.750 bits per heavy atom. The number of para-hydroxylation sites is 3. The molecule has 0 radical (unpaired) electrons. The molecule has 0 aliphatic heterocycles. The normalized spacial score (nSPS) is 10.8. The molecule has 0 fully saturated rings. The van der Waals surface area contributed by atoms with E-state index < -0.39 is 0 Å². The summed E-state index contributed by atoms with van der Waals surface area (Å²) in [5.74, 6) is 1.94. The molecule has 1 heterocycles. The maximum absolute atomic E-state index is 5.95. The summed E-state index contributed by atoms with van der Waals surface area (Å²) >= 11 is 0. The number of hydrogen-bond acceptors (Lipinski definition) is 1. The molecule has 0 bridgehead atoms. The highest BCUT2D eigenvalue weighted by Gasteiger charge is 2.18. The van der Waals surface area contributed by atoms with Gasteiger partial charge in [-0.1, -0.05) is 60.7 Å². The van der Waals surface area contributed by atoms with Gasteiger partial charge >= 0.3 is 0 Å². The minimum Gasteiger partial charge on any atom is -0.481 e. The predicted molar refractivity (Wildman–Crippen MR) is 94.8 cm³/mol. The monoisotopic (exact) mass is 315 g/mol. The van der Waals surface area contributed by atoms with Crippen LogP contribution in [0.2, 0.25) is 0 Å². The molecule has 0 spiro atoms. The third-order valence-electron chi connectivity index (χ3n) is 4.10. The van der Waals surface area contributed by atoms with Gasteiger partial charge in [0, 0.05) is 0 Å². The quantitative estimate of drug-likeness (QED) is 0.552. The first-order valence-corrected chi connectivity index (χ1v) is 8.11. The van der Waals surface area contributed by atoms with Crippen molar-refractivity contribution >= 4 is 11.0 Å². The Bertz CT molecular complexity index is 930. The van der Waals surface area contributed by atoms with Crippen molar-refractivity contribution in [1.29, 1.82) is 0 Å². The summed E-state index contributed by atoms with van der Waals surface area (Å²) < 4.78 is 8.23. The highest BCUT2D eigenvalue weighted by atomic mass is 16.5. The van der Waals surface area contributed by atoms with Gasteiger partial charge in [0.2, 0.25) is 0 Å². The Balaban J connectivity index is 1.67. The van der Waals surface area contributed by atoms with Gasteiger partial charge in [0.05, 0.1) is 0 Å². The number of aromatic amines is 1. The minimum absolute atomic E-state index is 0.505. The second-order valence-electron chi connectivity index (χ2n) is 5.76. The second-order valence-corrected chi connectivity index (χ2v) is 5.76. The lowest BCUT2D eigenvalue weighted by Crippen LogP contribution is -2.38. The molecule has 3 heteroatoms. The smallest absolute Gasteiger partial charge is 0.294 e. The van der Waals surface area contributed by atoms with Gasteiger partial charge < -0.3 is 4.74 Å². The Morgan fingerprint density at radius 3 is 2.21 bits per heavy atom. The van der Waals surface area contributed by atoms with E-state index in [1.807, 2.05) is 42.5 Å². The van der Waals surface area contributed by atoms with Crippen LogP contribution in [0.25, 0.3) is 11.0 Å². The first kappa shape index (κ1) is 14.5. The van der Waals surface area contributed by atoms with E-state index in [2.05, 4.69) is 52.0 Å². The average Bonchev–Trinajstić information content (AvgIpc) is 2.99. The van der Waals surface area contributed by atoms with Crippen LogP contribution in [0.3, 0.4) is 0 Å². The molecular weight excluding hydrogens is 296 g/mol. The van der Waals surface area contributed by atoms with E-state index in [1.165, 1.54) is 11.1 Å². The lowest BCUT2D eigenvalue weighted by Gasteiger charge is -2.05. The molecule has 4 rings (SSSR count). The van der Waals surface area contributed by atoms with E-state index in [0.717, 1.165) is 23.6 Å². The molecule has 1 aromatic heterocycles. The Hall–Kier alpha value is -3.07. The number of rotatable bonds is 5. The van der Waals surface area contributed by atoms with E-state index in [1.54, 1.807) is 0 Å². The minimum atomic E-state index is 0.505. The summed E-state index contributed by atoms with van der Waals surface area (Å²) in [5.41, 5.74) is 3.58. The molecule has 4 aromatic rings. The number of aromatic nitrogens is 2. The van der Waals surface area contributed by atoms with Crippen molar-refractivity contribution in [3.8, 4) is 5.75 Å². The summed E-state index contributed by atoms with van der Waals surface area (Å²) in [6, 6.07) is 28.8. The molecule has 0 saturated heterocycles. The van der Waals surface area contributed by atoms with E-state index in [9.17, 15) is 0 Å². The van der Waals surface area contributed by atoms with Crippen molar-refractivity contribution in [2.45, 2.75) is 13.2 Å². The number of ether oxygens (including phenoxy) is 1. The number of H-pyrrole nitrogens is 1. The maximum atomic E-state index is 5.95. The molecule has 0 aliphatic carbocycles. The number of hydrogen-bond donors (Lipinski definition) is 1. The van der Waals surface area contributed by atoms with Gasteiger partial charge in [0.1, 0.15) is 12.3 Å². The zero-order valence-corrected chi connectivity index (χ0v) is 13.4. The molecule has 0 atom stereocenters. The molecule has 118 valence electrons. The van der Waals surface area contributed by atoms with Gasteiger partial charge in [-0.2, -0.15) is 0 Å². The number of benzene rings is 3. The van der Waals surface area contributed by atoms with E-state index in [0.29, 0.717) is 6.61 Å².